The molecule has 20 heavy (non-hydrogen) atoms. The van der Waals surface area contributed by atoms with E-state index in [1.54, 1.807) is 0 Å². The predicted molar refractivity (Wildman–Crippen MR) is 85.8 cm³/mol. The molecule has 0 rings (SSSR count). The molecule has 0 saturated carbocycles. The van der Waals surface area contributed by atoms with Crippen molar-refractivity contribution < 1.29 is 9.53 Å². The molecule has 1 amide bonds. The summed E-state index contributed by atoms with van der Waals surface area (Å²) in [5, 5.41) is 0. The highest BCUT2D eigenvalue weighted by Crippen LogP contribution is 2.26. The molecule has 3 nitrogen and oxygen atoms in total. The standard InChI is InChI=1S/C17H35NO2/c1-9-16(4,5)11-13-20-17(6,7)10-12-18(8)15(19)14(2)3/h14H,9-13H2,1-8H3. The Morgan fingerprint density at radius 2 is 1.70 bits per heavy atom. The lowest BCUT2D eigenvalue weighted by atomic mass is 9.87. The number of nitrogens with zero attached hydrogens (tertiary/aromatic N) is 1. The van der Waals surface area contributed by atoms with E-state index in [1.165, 1.54) is 6.42 Å². The second-order valence-electron chi connectivity index (χ2n) is 7.54. The zero-order valence-corrected chi connectivity index (χ0v) is 14.9. The summed E-state index contributed by atoms with van der Waals surface area (Å²) in [6, 6.07) is 0. The summed E-state index contributed by atoms with van der Waals surface area (Å²) in [6.07, 6.45) is 3.12. The molecule has 0 aliphatic heterocycles. The summed E-state index contributed by atoms with van der Waals surface area (Å²) in [5.74, 6) is 0.266. The van der Waals surface area contributed by atoms with E-state index in [9.17, 15) is 4.79 Å². The first-order valence-corrected chi connectivity index (χ1v) is 7.90. The highest BCUT2D eigenvalue weighted by molar-refractivity contribution is 5.77. The van der Waals surface area contributed by atoms with Crippen LogP contribution in [0.3, 0.4) is 0 Å². The molecule has 0 aromatic carbocycles. The van der Waals surface area contributed by atoms with Gasteiger partial charge in [0.15, 0.2) is 0 Å². The average Bonchev–Trinajstić information content (AvgIpc) is 2.34. The molecule has 0 unspecified atom stereocenters. The van der Waals surface area contributed by atoms with Crippen LogP contribution in [0, 0.1) is 11.3 Å². The summed E-state index contributed by atoms with van der Waals surface area (Å²) in [4.78, 5) is 13.6. The first kappa shape index (κ1) is 19.4. The average molecular weight is 285 g/mol. The van der Waals surface area contributed by atoms with Crippen LogP contribution in [-0.2, 0) is 9.53 Å². The zero-order valence-electron chi connectivity index (χ0n) is 14.9. The fourth-order valence-corrected chi connectivity index (χ4v) is 1.84. The third-order valence-corrected chi connectivity index (χ3v) is 4.15. The Kier molecular flexibility index (Phi) is 7.79. The molecule has 0 radical (unpaired) electrons. The first-order chi connectivity index (χ1) is 9.01. The molecule has 0 aromatic rings. The van der Waals surface area contributed by atoms with Crippen molar-refractivity contribution in [2.45, 2.75) is 73.3 Å². The van der Waals surface area contributed by atoms with Crippen LogP contribution in [0.15, 0.2) is 0 Å². The Labute approximate surface area is 126 Å². The van der Waals surface area contributed by atoms with Crippen LogP contribution >= 0.6 is 0 Å². The Morgan fingerprint density at radius 1 is 1.15 bits per heavy atom. The molecular weight excluding hydrogens is 250 g/mol. The second-order valence-corrected chi connectivity index (χ2v) is 7.54. The fourth-order valence-electron chi connectivity index (χ4n) is 1.84. The molecular formula is C17H35NO2. The number of carbonyl (C=O) groups is 1. The van der Waals surface area contributed by atoms with Crippen molar-refractivity contribution in [3.8, 4) is 0 Å². The number of rotatable bonds is 9. The van der Waals surface area contributed by atoms with Crippen LogP contribution in [0.2, 0.25) is 0 Å². The second kappa shape index (κ2) is 8.02. The molecule has 0 atom stereocenters. The SMILES string of the molecule is CCC(C)(C)CCOC(C)(C)CCN(C)C(=O)C(C)C. The van der Waals surface area contributed by atoms with E-state index >= 15 is 0 Å². The lowest BCUT2D eigenvalue weighted by Crippen LogP contribution is -2.36. The summed E-state index contributed by atoms with van der Waals surface area (Å²) in [7, 11) is 1.87. The number of carbonyl (C=O) groups excluding carboxylic acids is 1. The van der Waals surface area contributed by atoms with E-state index in [1.807, 2.05) is 25.8 Å². The lowest BCUT2D eigenvalue weighted by molar-refractivity contribution is -0.134. The van der Waals surface area contributed by atoms with E-state index < -0.39 is 0 Å². The van der Waals surface area contributed by atoms with Gasteiger partial charge in [0.05, 0.1) is 5.60 Å². The quantitative estimate of drug-likeness (QED) is 0.638. The van der Waals surface area contributed by atoms with Gasteiger partial charge in [-0.1, -0.05) is 41.0 Å². The van der Waals surface area contributed by atoms with Gasteiger partial charge in [-0.05, 0) is 32.1 Å². The molecule has 3 heteroatoms. The third-order valence-electron chi connectivity index (χ3n) is 4.15. The Balaban J connectivity index is 4.10. The van der Waals surface area contributed by atoms with Crippen LogP contribution in [0.1, 0.15) is 67.7 Å². The van der Waals surface area contributed by atoms with Crippen LogP contribution in [0.5, 0.6) is 0 Å². The van der Waals surface area contributed by atoms with Gasteiger partial charge < -0.3 is 9.64 Å². The minimum Gasteiger partial charge on any atom is -0.375 e. The molecule has 0 N–H and O–H groups in total. The van der Waals surface area contributed by atoms with Gasteiger partial charge in [-0.25, -0.2) is 0 Å². The normalized spacial score (nSPS) is 12.8. The fraction of sp³-hybridized carbons (Fsp3) is 0.941. The minimum absolute atomic E-state index is 0.0642. The van der Waals surface area contributed by atoms with Gasteiger partial charge in [0.1, 0.15) is 0 Å². The summed E-state index contributed by atoms with van der Waals surface area (Å²) in [6.45, 7) is 16.4. The number of amides is 1. The molecule has 0 aromatic heterocycles. The predicted octanol–water partition coefficient (Wildman–Crippen LogP) is 4.11. The summed E-state index contributed by atoms with van der Waals surface area (Å²) < 4.78 is 6.02. The highest BCUT2D eigenvalue weighted by Gasteiger charge is 2.23. The lowest BCUT2D eigenvalue weighted by Gasteiger charge is -2.30. The Bertz CT molecular complexity index is 295. The Hall–Kier alpha value is -0.570. The largest absolute Gasteiger partial charge is 0.375 e. The number of ether oxygens (including phenoxy) is 1. The van der Waals surface area contributed by atoms with E-state index in [4.69, 9.17) is 4.74 Å². The number of hydrogen-bond acceptors (Lipinski definition) is 2. The van der Waals surface area contributed by atoms with Crippen molar-refractivity contribution in [2.75, 3.05) is 20.2 Å². The monoisotopic (exact) mass is 285 g/mol. The summed E-state index contributed by atoms with van der Waals surface area (Å²) >= 11 is 0. The van der Waals surface area contributed by atoms with Crippen molar-refractivity contribution in [3.05, 3.63) is 0 Å². The Morgan fingerprint density at radius 3 is 2.15 bits per heavy atom. The van der Waals surface area contributed by atoms with Crippen molar-refractivity contribution >= 4 is 5.91 Å². The van der Waals surface area contributed by atoms with E-state index in [-0.39, 0.29) is 17.4 Å². The molecule has 0 aliphatic rings. The molecule has 0 saturated heterocycles. The number of hydrogen-bond donors (Lipinski definition) is 0. The van der Waals surface area contributed by atoms with Crippen LogP contribution in [0.4, 0.5) is 0 Å². The smallest absolute Gasteiger partial charge is 0.224 e. The van der Waals surface area contributed by atoms with E-state index in [0.717, 1.165) is 26.0 Å². The van der Waals surface area contributed by atoms with E-state index in [0.29, 0.717) is 5.41 Å². The van der Waals surface area contributed by atoms with Gasteiger partial charge in [0, 0.05) is 26.1 Å². The summed E-state index contributed by atoms with van der Waals surface area (Å²) in [5.41, 5.74) is 0.176. The van der Waals surface area contributed by atoms with Gasteiger partial charge in [-0.3, -0.25) is 4.79 Å². The topological polar surface area (TPSA) is 29.5 Å². The first-order valence-electron chi connectivity index (χ1n) is 7.90. The van der Waals surface area contributed by atoms with Gasteiger partial charge in [0.25, 0.3) is 0 Å². The molecule has 0 aliphatic carbocycles. The molecule has 0 spiro atoms. The molecule has 0 heterocycles. The highest BCUT2D eigenvalue weighted by atomic mass is 16.5. The van der Waals surface area contributed by atoms with Gasteiger partial charge >= 0.3 is 0 Å². The van der Waals surface area contributed by atoms with Crippen molar-refractivity contribution in [3.63, 3.8) is 0 Å². The van der Waals surface area contributed by atoms with Crippen molar-refractivity contribution in [1.29, 1.82) is 0 Å². The van der Waals surface area contributed by atoms with Crippen LogP contribution in [0.25, 0.3) is 0 Å². The minimum atomic E-state index is -0.171. The maximum absolute atomic E-state index is 11.8. The third kappa shape index (κ3) is 7.88. The molecule has 0 bridgehead atoms. The zero-order chi connectivity index (χ0) is 16.0. The van der Waals surface area contributed by atoms with Crippen LogP contribution < -0.4 is 0 Å². The van der Waals surface area contributed by atoms with Gasteiger partial charge in [-0.15, -0.1) is 0 Å². The van der Waals surface area contributed by atoms with E-state index in [2.05, 4.69) is 34.6 Å². The van der Waals surface area contributed by atoms with Gasteiger partial charge in [-0.2, -0.15) is 0 Å². The van der Waals surface area contributed by atoms with Crippen LogP contribution in [-0.4, -0.2) is 36.6 Å². The van der Waals surface area contributed by atoms with Gasteiger partial charge in [0.2, 0.25) is 5.91 Å². The molecule has 0 fully saturated rings. The van der Waals surface area contributed by atoms with Crippen molar-refractivity contribution in [2.24, 2.45) is 11.3 Å². The maximum Gasteiger partial charge on any atom is 0.224 e. The maximum atomic E-state index is 11.8. The van der Waals surface area contributed by atoms with Crippen molar-refractivity contribution in [1.82, 2.24) is 4.90 Å². The molecule has 120 valence electrons.